The number of para-hydroxylation sites is 1. The molecule has 0 saturated carbocycles. The van der Waals surface area contributed by atoms with Crippen LogP contribution in [0.1, 0.15) is 11.1 Å². The first-order valence-corrected chi connectivity index (χ1v) is 5.80. The van der Waals surface area contributed by atoms with Crippen LogP contribution in [-0.2, 0) is 11.4 Å². The third kappa shape index (κ3) is 3.61. The molecular weight excluding hydrogens is 263 g/mol. The second-order valence-corrected chi connectivity index (χ2v) is 3.95. The summed E-state index contributed by atoms with van der Waals surface area (Å²) in [5.41, 5.74) is 1.07. The zero-order valence-corrected chi connectivity index (χ0v) is 10.4. The second-order valence-electron chi connectivity index (χ2n) is 3.95. The number of oxime groups is 1. The average Bonchev–Trinajstić information content (AvgIpc) is 2.46. The molecule has 0 heterocycles. The van der Waals surface area contributed by atoms with Gasteiger partial charge in [-0.2, -0.15) is 0 Å². The fraction of sp³-hybridized carbons (Fsp3) is 0.0714. The Bertz CT molecular complexity index is 627. The van der Waals surface area contributed by atoms with Crippen molar-refractivity contribution in [1.29, 1.82) is 0 Å². The SMILES string of the molecule is O=[N+]([O-])c1ccccc1/C=N/OCc1ccc(F)cc1. The van der Waals surface area contributed by atoms with Crippen LogP contribution in [0.25, 0.3) is 0 Å². The second kappa shape index (κ2) is 6.42. The van der Waals surface area contributed by atoms with E-state index in [0.29, 0.717) is 5.56 Å². The topological polar surface area (TPSA) is 64.7 Å². The van der Waals surface area contributed by atoms with Gasteiger partial charge in [0.05, 0.1) is 16.7 Å². The maximum absolute atomic E-state index is 12.7. The summed E-state index contributed by atoms with van der Waals surface area (Å²) in [5.74, 6) is -0.322. The van der Waals surface area contributed by atoms with Crippen molar-refractivity contribution in [2.24, 2.45) is 5.16 Å². The quantitative estimate of drug-likeness (QED) is 0.477. The minimum Gasteiger partial charge on any atom is -0.391 e. The maximum Gasteiger partial charge on any atom is 0.278 e. The largest absolute Gasteiger partial charge is 0.391 e. The lowest BCUT2D eigenvalue weighted by molar-refractivity contribution is -0.385. The zero-order valence-electron chi connectivity index (χ0n) is 10.4. The molecule has 102 valence electrons. The lowest BCUT2D eigenvalue weighted by atomic mass is 10.2. The summed E-state index contributed by atoms with van der Waals surface area (Å²) in [4.78, 5) is 15.3. The maximum atomic E-state index is 12.7. The summed E-state index contributed by atoms with van der Waals surface area (Å²) in [6, 6.07) is 12.0. The first kappa shape index (κ1) is 13.7. The first-order valence-electron chi connectivity index (χ1n) is 5.80. The third-order valence-electron chi connectivity index (χ3n) is 2.54. The first-order chi connectivity index (χ1) is 9.66. The monoisotopic (exact) mass is 274 g/mol. The van der Waals surface area contributed by atoms with Crippen molar-refractivity contribution in [2.45, 2.75) is 6.61 Å². The van der Waals surface area contributed by atoms with Gasteiger partial charge in [-0.3, -0.25) is 10.1 Å². The molecule has 0 aliphatic carbocycles. The number of hydrogen-bond acceptors (Lipinski definition) is 4. The molecule has 0 saturated heterocycles. The molecule has 2 rings (SSSR count). The molecule has 0 radical (unpaired) electrons. The lowest BCUT2D eigenvalue weighted by Crippen LogP contribution is -1.94. The molecule has 6 heteroatoms. The minimum absolute atomic E-state index is 0.0402. The van der Waals surface area contributed by atoms with Crippen LogP contribution in [0.4, 0.5) is 10.1 Å². The molecule has 0 amide bonds. The molecule has 0 N–H and O–H groups in total. The Labute approximate surface area is 114 Å². The van der Waals surface area contributed by atoms with Crippen molar-refractivity contribution in [3.63, 3.8) is 0 Å². The highest BCUT2D eigenvalue weighted by molar-refractivity contribution is 5.84. The van der Waals surface area contributed by atoms with Gasteiger partial charge in [0.2, 0.25) is 0 Å². The van der Waals surface area contributed by atoms with Crippen LogP contribution < -0.4 is 0 Å². The van der Waals surface area contributed by atoms with Crippen molar-refractivity contribution in [3.8, 4) is 0 Å². The van der Waals surface area contributed by atoms with Gasteiger partial charge in [-0.05, 0) is 23.8 Å². The van der Waals surface area contributed by atoms with Gasteiger partial charge in [-0.15, -0.1) is 0 Å². The summed E-state index contributed by atoms with van der Waals surface area (Å²) in [5, 5.41) is 14.5. The fourth-order valence-corrected chi connectivity index (χ4v) is 1.55. The Morgan fingerprint density at radius 1 is 1.20 bits per heavy atom. The standard InChI is InChI=1S/C14H11FN2O3/c15-13-7-5-11(6-8-13)10-20-16-9-12-3-1-2-4-14(12)17(18)19/h1-9H,10H2/b16-9+. The van der Waals surface area contributed by atoms with Crippen LogP contribution in [0.2, 0.25) is 0 Å². The number of halogens is 1. The molecule has 0 aliphatic rings. The number of nitro benzene ring substituents is 1. The number of benzene rings is 2. The Morgan fingerprint density at radius 3 is 2.60 bits per heavy atom. The van der Waals surface area contributed by atoms with Crippen LogP contribution in [0, 0.1) is 15.9 Å². The number of nitrogens with zero attached hydrogens (tertiary/aromatic N) is 2. The van der Waals surface area contributed by atoms with Crippen molar-refractivity contribution >= 4 is 11.9 Å². The van der Waals surface area contributed by atoms with Crippen molar-refractivity contribution < 1.29 is 14.2 Å². The molecule has 0 aliphatic heterocycles. The predicted octanol–water partition coefficient (Wildman–Crippen LogP) is 3.28. The van der Waals surface area contributed by atoms with Crippen LogP contribution in [0.5, 0.6) is 0 Å². The van der Waals surface area contributed by atoms with Crippen LogP contribution in [0.3, 0.4) is 0 Å². The van der Waals surface area contributed by atoms with E-state index in [-0.39, 0.29) is 18.1 Å². The van der Waals surface area contributed by atoms with Gasteiger partial charge in [0.15, 0.2) is 0 Å². The van der Waals surface area contributed by atoms with E-state index in [1.54, 1.807) is 30.3 Å². The molecule has 0 atom stereocenters. The van der Waals surface area contributed by atoms with Crippen molar-refractivity contribution in [1.82, 2.24) is 0 Å². The highest BCUT2D eigenvalue weighted by atomic mass is 19.1. The van der Waals surface area contributed by atoms with E-state index in [4.69, 9.17) is 4.84 Å². The molecule has 5 nitrogen and oxygen atoms in total. The smallest absolute Gasteiger partial charge is 0.278 e. The van der Waals surface area contributed by atoms with E-state index in [9.17, 15) is 14.5 Å². The molecule has 0 unspecified atom stereocenters. The molecule has 0 spiro atoms. The lowest BCUT2D eigenvalue weighted by Gasteiger charge is -2.00. The third-order valence-corrected chi connectivity index (χ3v) is 2.54. The zero-order chi connectivity index (χ0) is 14.4. The summed E-state index contributed by atoms with van der Waals surface area (Å²) in [7, 11) is 0. The minimum atomic E-state index is -0.485. The van der Waals surface area contributed by atoms with Gasteiger partial charge in [0.25, 0.3) is 5.69 Å². The van der Waals surface area contributed by atoms with Crippen LogP contribution in [-0.4, -0.2) is 11.1 Å². The average molecular weight is 274 g/mol. The predicted molar refractivity (Wildman–Crippen MR) is 71.9 cm³/mol. The molecule has 0 fully saturated rings. The number of rotatable bonds is 5. The molecule has 20 heavy (non-hydrogen) atoms. The number of nitro groups is 1. The van der Waals surface area contributed by atoms with Gasteiger partial charge in [0, 0.05) is 6.07 Å². The van der Waals surface area contributed by atoms with E-state index in [0.717, 1.165) is 5.56 Å². The van der Waals surface area contributed by atoms with Gasteiger partial charge in [-0.25, -0.2) is 4.39 Å². The van der Waals surface area contributed by atoms with Crippen LogP contribution in [0.15, 0.2) is 53.7 Å². The van der Waals surface area contributed by atoms with Crippen molar-refractivity contribution in [3.05, 3.63) is 75.6 Å². The Kier molecular flexibility index (Phi) is 4.39. The fourth-order valence-electron chi connectivity index (χ4n) is 1.55. The molecular formula is C14H11FN2O3. The molecule has 2 aromatic rings. The Morgan fingerprint density at radius 2 is 1.90 bits per heavy atom. The van der Waals surface area contributed by atoms with E-state index < -0.39 is 4.92 Å². The van der Waals surface area contributed by atoms with E-state index in [1.165, 1.54) is 24.4 Å². The van der Waals surface area contributed by atoms with Gasteiger partial charge in [0.1, 0.15) is 12.4 Å². The van der Waals surface area contributed by atoms with Gasteiger partial charge >= 0.3 is 0 Å². The van der Waals surface area contributed by atoms with Gasteiger partial charge < -0.3 is 4.84 Å². The Hall–Kier alpha value is -2.76. The van der Waals surface area contributed by atoms with Gasteiger partial charge in [-0.1, -0.05) is 29.4 Å². The normalized spacial score (nSPS) is 10.7. The molecule has 0 aromatic heterocycles. The van der Waals surface area contributed by atoms with Crippen LogP contribution >= 0.6 is 0 Å². The van der Waals surface area contributed by atoms with E-state index in [1.807, 2.05) is 0 Å². The Balaban J connectivity index is 1.97. The summed E-state index contributed by atoms with van der Waals surface area (Å²) in [6.07, 6.45) is 1.28. The van der Waals surface area contributed by atoms with E-state index >= 15 is 0 Å². The highest BCUT2D eigenvalue weighted by Crippen LogP contribution is 2.15. The number of hydrogen-bond donors (Lipinski definition) is 0. The molecule has 0 bridgehead atoms. The summed E-state index contributed by atoms with van der Waals surface area (Å²) >= 11 is 0. The summed E-state index contributed by atoms with van der Waals surface area (Å²) < 4.78 is 12.7. The highest BCUT2D eigenvalue weighted by Gasteiger charge is 2.09. The molecule has 2 aromatic carbocycles. The van der Waals surface area contributed by atoms with Crippen molar-refractivity contribution in [2.75, 3.05) is 0 Å². The summed E-state index contributed by atoms with van der Waals surface area (Å²) in [6.45, 7) is 0.164. The van der Waals surface area contributed by atoms with E-state index in [2.05, 4.69) is 5.16 Å².